The third-order valence-corrected chi connectivity index (χ3v) is 5.35. The number of anilines is 1. The standard InChI is InChI=1S/C22H18F2N6O/c23-16-7-4-8-17(24)20(16)22(31)29-13-11-28(12-14-29)19-10-9-18-25-26-21(30(18)27-19)15-5-2-1-3-6-15/h1-10H,11-14H2. The summed E-state index contributed by atoms with van der Waals surface area (Å²) in [5.41, 5.74) is 1.03. The van der Waals surface area contributed by atoms with E-state index in [1.807, 2.05) is 47.4 Å². The van der Waals surface area contributed by atoms with Crippen molar-refractivity contribution in [2.75, 3.05) is 31.1 Å². The molecule has 0 spiro atoms. The molecular weight excluding hydrogens is 402 g/mol. The average molecular weight is 420 g/mol. The summed E-state index contributed by atoms with van der Waals surface area (Å²) in [6, 6.07) is 16.8. The van der Waals surface area contributed by atoms with Crippen LogP contribution in [0.2, 0.25) is 0 Å². The number of piperazine rings is 1. The molecule has 1 aliphatic rings. The summed E-state index contributed by atoms with van der Waals surface area (Å²) in [6.07, 6.45) is 0. The van der Waals surface area contributed by atoms with Gasteiger partial charge in [0.15, 0.2) is 11.5 Å². The van der Waals surface area contributed by atoms with Crippen molar-refractivity contribution in [2.45, 2.75) is 0 Å². The first-order valence-corrected chi connectivity index (χ1v) is 9.88. The largest absolute Gasteiger partial charge is 0.352 e. The third-order valence-electron chi connectivity index (χ3n) is 5.35. The number of fused-ring (bicyclic) bond motifs is 1. The molecule has 5 rings (SSSR count). The average Bonchev–Trinajstić information content (AvgIpc) is 3.23. The summed E-state index contributed by atoms with van der Waals surface area (Å²) in [7, 11) is 0. The molecule has 0 N–H and O–H groups in total. The highest BCUT2D eigenvalue weighted by atomic mass is 19.1. The summed E-state index contributed by atoms with van der Waals surface area (Å²) in [4.78, 5) is 16.1. The zero-order valence-electron chi connectivity index (χ0n) is 16.4. The maximum Gasteiger partial charge on any atom is 0.259 e. The van der Waals surface area contributed by atoms with Gasteiger partial charge in [0, 0.05) is 31.7 Å². The predicted molar refractivity (Wildman–Crippen MR) is 111 cm³/mol. The molecule has 0 unspecified atom stereocenters. The molecule has 9 heteroatoms. The van der Waals surface area contributed by atoms with Crippen LogP contribution in [0.15, 0.2) is 60.7 Å². The molecule has 2 aromatic carbocycles. The Kier molecular flexibility index (Phi) is 4.78. The molecule has 1 amide bonds. The van der Waals surface area contributed by atoms with Crippen molar-refractivity contribution in [1.82, 2.24) is 24.7 Å². The van der Waals surface area contributed by atoms with Gasteiger partial charge in [0.2, 0.25) is 0 Å². The molecule has 0 atom stereocenters. The molecule has 0 radical (unpaired) electrons. The second kappa shape index (κ2) is 7.75. The van der Waals surface area contributed by atoms with E-state index in [0.29, 0.717) is 43.5 Å². The summed E-state index contributed by atoms with van der Waals surface area (Å²) >= 11 is 0. The van der Waals surface area contributed by atoms with Crippen molar-refractivity contribution in [3.8, 4) is 11.4 Å². The molecule has 0 saturated carbocycles. The SMILES string of the molecule is O=C(c1c(F)cccc1F)N1CCN(c2ccc3nnc(-c4ccccc4)n3n2)CC1. The Morgan fingerprint density at radius 3 is 2.23 bits per heavy atom. The van der Waals surface area contributed by atoms with Gasteiger partial charge in [-0.25, -0.2) is 8.78 Å². The van der Waals surface area contributed by atoms with Crippen LogP contribution in [0.4, 0.5) is 14.6 Å². The monoisotopic (exact) mass is 420 g/mol. The lowest BCUT2D eigenvalue weighted by atomic mass is 10.1. The van der Waals surface area contributed by atoms with Gasteiger partial charge in [0.05, 0.1) is 0 Å². The highest BCUT2D eigenvalue weighted by Gasteiger charge is 2.27. The van der Waals surface area contributed by atoms with Crippen LogP contribution in [0.5, 0.6) is 0 Å². The van der Waals surface area contributed by atoms with Crippen molar-refractivity contribution in [3.63, 3.8) is 0 Å². The number of hydrogen-bond donors (Lipinski definition) is 0. The molecule has 1 aliphatic heterocycles. The fourth-order valence-corrected chi connectivity index (χ4v) is 3.71. The molecule has 1 saturated heterocycles. The number of benzene rings is 2. The van der Waals surface area contributed by atoms with Crippen molar-refractivity contribution < 1.29 is 13.6 Å². The Morgan fingerprint density at radius 2 is 1.52 bits per heavy atom. The molecule has 2 aromatic heterocycles. The van der Waals surface area contributed by atoms with E-state index in [2.05, 4.69) is 15.3 Å². The molecule has 3 heterocycles. The summed E-state index contributed by atoms with van der Waals surface area (Å²) in [5, 5.41) is 13.1. The van der Waals surface area contributed by atoms with Gasteiger partial charge in [-0.3, -0.25) is 4.79 Å². The van der Waals surface area contributed by atoms with Crippen LogP contribution < -0.4 is 4.90 Å². The number of amides is 1. The molecule has 0 bridgehead atoms. The fourth-order valence-electron chi connectivity index (χ4n) is 3.71. The zero-order valence-corrected chi connectivity index (χ0v) is 16.4. The number of aromatic nitrogens is 4. The third kappa shape index (κ3) is 3.48. The normalized spacial score (nSPS) is 14.3. The van der Waals surface area contributed by atoms with Crippen LogP contribution in [0.1, 0.15) is 10.4 Å². The van der Waals surface area contributed by atoms with E-state index in [-0.39, 0.29) is 0 Å². The fraction of sp³-hybridized carbons (Fsp3) is 0.182. The van der Waals surface area contributed by atoms with Gasteiger partial charge in [-0.05, 0) is 24.3 Å². The number of carbonyl (C=O) groups excluding carboxylic acids is 1. The maximum absolute atomic E-state index is 14.0. The molecule has 0 aliphatic carbocycles. The number of rotatable bonds is 3. The molecule has 7 nitrogen and oxygen atoms in total. The smallest absolute Gasteiger partial charge is 0.259 e. The second-order valence-electron chi connectivity index (χ2n) is 7.23. The van der Waals surface area contributed by atoms with Crippen LogP contribution in [-0.4, -0.2) is 56.8 Å². The maximum atomic E-state index is 14.0. The van der Waals surface area contributed by atoms with Crippen molar-refractivity contribution in [2.24, 2.45) is 0 Å². The van der Waals surface area contributed by atoms with Crippen LogP contribution in [0, 0.1) is 11.6 Å². The lowest BCUT2D eigenvalue weighted by Gasteiger charge is -2.35. The zero-order chi connectivity index (χ0) is 21.4. The van der Waals surface area contributed by atoms with Crippen LogP contribution in [0.25, 0.3) is 17.0 Å². The number of carbonyl (C=O) groups is 1. The van der Waals surface area contributed by atoms with E-state index in [9.17, 15) is 13.6 Å². The minimum absolute atomic E-state index is 0.333. The number of nitrogens with zero attached hydrogens (tertiary/aromatic N) is 6. The molecule has 31 heavy (non-hydrogen) atoms. The Labute approximate surface area is 176 Å². The predicted octanol–water partition coefficient (Wildman–Crippen LogP) is 3.03. The quantitative estimate of drug-likeness (QED) is 0.510. The lowest BCUT2D eigenvalue weighted by Crippen LogP contribution is -2.49. The minimum atomic E-state index is -0.847. The van der Waals surface area contributed by atoms with Crippen LogP contribution in [0.3, 0.4) is 0 Å². The van der Waals surface area contributed by atoms with E-state index >= 15 is 0 Å². The van der Waals surface area contributed by atoms with Gasteiger partial charge in [0.25, 0.3) is 5.91 Å². The van der Waals surface area contributed by atoms with Crippen molar-refractivity contribution in [3.05, 3.63) is 77.9 Å². The van der Waals surface area contributed by atoms with Crippen molar-refractivity contribution in [1.29, 1.82) is 0 Å². The molecule has 1 fully saturated rings. The van der Waals surface area contributed by atoms with E-state index < -0.39 is 23.1 Å². The highest BCUT2D eigenvalue weighted by molar-refractivity contribution is 5.95. The van der Waals surface area contributed by atoms with Gasteiger partial charge >= 0.3 is 0 Å². The van der Waals surface area contributed by atoms with Gasteiger partial charge in [0.1, 0.15) is 23.0 Å². The molecule has 156 valence electrons. The molecular formula is C22H18F2N6O. The first-order valence-electron chi connectivity index (χ1n) is 9.88. The first-order chi connectivity index (χ1) is 15.1. The van der Waals surface area contributed by atoms with Crippen LogP contribution in [-0.2, 0) is 0 Å². The summed E-state index contributed by atoms with van der Waals surface area (Å²) in [6.45, 7) is 1.65. The Hall–Kier alpha value is -3.88. The van der Waals surface area contributed by atoms with Crippen molar-refractivity contribution >= 4 is 17.4 Å². The number of hydrogen-bond acceptors (Lipinski definition) is 5. The molecule has 4 aromatic rings. The Balaban J connectivity index is 1.35. The van der Waals surface area contributed by atoms with Gasteiger partial charge in [-0.2, -0.15) is 4.52 Å². The lowest BCUT2D eigenvalue weighted by molar-refractivity contribution is 0.0736. The first kappa shape index (κ1) is 19.1. The van der Waals surface area contributed by atoms with E-state index in [1.54, 1.807) is 4.52 Å². The second-order valence-corrected chi connectivity index (χ2v) is 7.23. The van der Waals surface area contributed by atoms with E-state index in [4.69, 9.17) is 0 Å². The van der Waals surface area contributed by atoms with E-state index in [1.165, 1.54) is 11.0 Å². The highest BCUT2D eigenvalue weighted by Crippen LogP contribution is 2.21. The minimum Gasteiger partial charge on any atom is -0.352 e. The van der Waals surface area contributed by atoms with Gasteiger partial charge < -0.3 is 9.80 Å². The van der Waals surface area contributed by atoms with Gasteiger partial charge in [-0.1, -0.05) is 36.4 Å². The Morgan fingerprint density at radius 1 is 0.806 bits per heavy atom. The number of halogens is 2. The summed E-state index contributed by atoms with van der Waals surface area (Å²) in [5.74, 6) is -0.972. The van der Waals surface area contributed by atoms with Gasteiger partial charge in [-0.15, -0.1) is 15.3 Å². The van der Waals surface area contributed by atoms with Crippen LogP contribution >= 0.6 is 0 Å². The summed E-state index contributed by atoms with van der Waals surface area (Å²) < 4.78 is 29.6. The Bertz CT molecular complexity index is 1230. The topological polar surface area (TPSA) is 66.6 Å². The van der Waals surface area contributed by atoms with E-state index in [0.717, 1.165) is 17.7 Å².